The maximum Gasteiger partial charge on any atom is 0.262 e. The fraction of sp³-hybridized carbons (Fsp3) is 0.278. The molecular weight excluding hydrogens is 356 g/mol. The first kappa shape index (κ1) is 19.6. The van der Waals surface area contributed by atoms with Gasteiger partial charge in [-0.3, -0.25) is 9.52 Å². The Kier molecular flexibility index (Phi) is 6.10. The average Bonchev–Trinajstić information content (AvgIpc) is 2.60. The van der Waals surface area contributed by atoms with E-state index in [9.17, 15) is 13.2 Å². The first-order valence-corrected chi connectivity index (χ1v) is 9.41. The molecule has 0 saturated carbocycles. The van der Waals surface area contributed by atoms with Gasteiger partial charge in [0.15, 0.2) is 11.5 Å². The first-order valence-electron chi connectivity index (χ1n) is 7.92. The van der Waals surface area contributed by atoms with Crippen molar-refractivity contribution in [3.05, 3.63) is 48.0 Å². The van der Waals surface area contributed by atoms with Gasteiger partial charge in [0.05, 0.1) is 19.1 Å². The van der Waals surface area contributed by atoms with Crippen LogP contribution in [0.5, 0.6) is 11.5 Å². The van der Waals surface area contributed by atoms with E-state index >= 15 is 0 Å². The number of methoxy groups -OCH3 is 2. The third-order valence-electron chi connectivity index (χ3n) is 3.48. The number of rotatable bonds is 7. The van der Waals surface area contributed by atoms with Crippen LogP contribution in [0.15, 0.2) is 47.4 Å². The van der Waals surface area contributed by atoms with Crippen molar-refractivity contribution < 1.29 is 22.7 Å². The molecule has 2 aromatic carbocycles. The lowest BCUT2D eigenvalue weighted by Crippen LogP contribution is -2.30. The number of ether oxygens (including phenoxy) is 2. The molecule has 0 atom stereocenters. The summed E-state index contributed by atoms with van der Waals surface area (Å²) in [4.78, 5) is 12.0. The summed E-state index contributed by atoms with van der Waals surface area (Å²) >= 11 is 0. The molecule has 140 valence electrons. The van der Waals surface area contributed by atoms with E-state index in [0.717, 1.165) is 0 Å². The van der Waals surface area contributed by atoms with Crippen LogP contribution in [0, 0.1) is 0 Å². The second-order valence-electron chi connectivity index (χ2n) is 5.83. The van der Waals surface area contributed by atoms with Crippen molar-refractivity contribution >= 4 is 21.6 Å². The molecule has 26 heavy (non-hydrogen) atoms. The molecule has 2 aromatic rings. The van der Waals surface area contributed by atoms with E-state index in [-0.39, 0.29) is 16.8 Å². The molecule has 0 aliphatic rings. The molecule has 0 heterocycles. The Morgan fingerprint density at radius 1 is 0.962 bits per heavy atom. The summed E-state index contributed by atoms with van der Waals surface area (Å²) in [6, 6.07) is 10.5. The highest BCUT2D eigenvalue weighted by Gasteiger charge is 2.17. The van der Waals surface area contributed by atoms with Crippen LogP contribution in [0.2, 0.25) is 0 Å². The maximum absolute atomic E-state index is 12.5. The molecule has 8 heteroatoms. The second-order valence-corrected chi connectivity index (χ2v) is 7.51. The van der Waals surface area contributed by atoms with Gasteiger partial charge in [-0.05, 0) is 50.2 Å². The van der Waals surface area contributed by atoms with Crippen molar-refractivity contribution in [1.29, 1.82) is 0 Å². The fourth-order valence-electron chi connectivity index (χ4n) is 2.23. The van der Waals surface area contributed by atoms with Crippen LogP contribution >= 0.6 is 0 Å². The van der Waals surface area contributed by atoms with Gasteiger partial charge >= 0.3 is 0 Å². The zero-order valence-electron chi connectivity index (χ0n) is 15.1. The number of hydrogen-bond acceptors (Lipinski definition) is 5. The number of hydrogen-bond donors (Lipinski definition) is 2. The second kappa shape index (κ2) is 8.09. The molecule has 7 nitrogen and oxygen atoms in total. The largest absolute Gasteiger partial charge is 0.493 e. The molecule has 0 aliphatic carbocycles. The van der Waals surface area contributed by atoms with E-state index in [2.05, 4.69) is 10.0 Å². The zero-order chi connectivity index (χ0) is 19.3. The zero-order valence-corrected chi connectivity index (χ0v) is 15.9. The molecule has 2 rings (SSSR count). The van der Waals surface area contributed by atoms with E-state index < -0.39 is 10.0 Å². The van der Waals surface area contributed by atoms with Gasteiger partial charge < -0.3 is 14.8 Å². The molecule has 0 saturated heterocycles. The predicted octanol–water partition coefficient (Wildman–Crippen LogP) is 2.64. The van der Waals surface area contributed by atoms with Gasteiger partial charge in [0, 0.05) is 23.4 Å². The minimum Gasteiger partial charge on any atom is -0.493 e. The summed E-state index contributed by atoms with van der Waals surface area (Å²) < 4.78 is 37.8. The Hall–Kier alpha value is -2.74. The predicted molar refractivity (Wildman–Crippen MR) is 99.4 cm³/mol. The van der Waals surface area contributed by atoms with Gasteiger partial charge in [0.1, 0.15) is 0 Å². The summed E-state index contributed by atoms with van der Waals surface area (Å²) in [6.45, 7) is 3.73. The van der Waals surface area contributed by atoms with Crippen molar-refractivity contribution in [2.75, 3.05) is 18.9 Å². The Balaban J connectivity index is 2.20. The Morgan fingerprint density at radius 3 is 2.12 bits per heavy atom. The highest BCUT2D eigenvalue weighted by atomic mass is 32.2. The van der Waals surface area contributed by atoms with E-state index in [1.165, 1.54) is 44.6 Å². The summed E-state index contributed by atoms with van der Waals surface area (Å²) in [5, 5.41) is 2.77. The van der Waals surface area contributed by atoms with Crippen LogP contribution in [0.3, 0.4) is 0 Å². The van der Waals surface area contributed by atoms with Crippen LogP contribution in [0.25, 0.3) is 0 Å². The number of anilines is 1. The molecule has 0 fully saturated rings. The van der Waals surface area contributed by atoms with Crippen LogP contribution in [0.4, 0.5) is 5.69 Å². The Morgan fingerprint density at radius 2 is 1.58 bits per heavy atom. The van der Waals surface area contributed by atoms with Crippen LogP contribution < -0.4 is 19.5 Å². The lowest BCUT2D eigenvalue weighted by Gasteiger charge is -2.12. The summed E-state index contributed by atoms with van der Waals surface area (Å²) in [7, 11) is -0.902. The molecule has 1 amide bonds. The van der Waals surface area contributed by atoms with Gasteiger partial charge in [-0.1, -0.05) is 0 Å². The third kappa shape index (κ3) is 4.66. The molecule has 0 radical (unpaired) electrons. The third-order valence-corrected chi connectivity index (χ3v) is 4.86. The molecular formula is C18H22N2O5S. The molecule has 0 bridgehead atoms. The Labute approximate surface area is 153 Å². The topological polar surface area (TPSA) is 93.7 Å². The lowest BCUT2D eigenvalue weighted by atomic mass is 10.2. The molecule has 0 aromatic heterocycles. The SMILES string of the molecule is COc1ccc(S(=O)(=O)Nc2ccc(C(=O)NC(C)C)cc2)cc1OC. The number of sulfonamides is 1. The van der Waals surface area contributed by atoms with Crippen LogP contribution in [0.1, 0.15) is 24.2 Å². The van der Waals surface area contributed by atoms with Crippen molar-refractivity contribution in [1.82, 2.24) is 5.32 Å². The van der Waals surface area contributed by atoms with Crippen LogP contribution in [-0.2, 0) is 10.0 Å². The first-order chi connectivity index (χ1) is 12.3. The van der Waals surface area contributed by atoms with Crippen molar-refractivity contribution in [3.8, 4) is 11.5 Å². The standard InChI is InChI=1S/C18H22N2O5S/c1-12(2)19-18(21)13-5-7-14(8-6-13)20-26(22,23)15-9-10-16(24-3)17(11-15)25-4/h5-12,20H,1-4H3,(H,19,21). The van der Waals surface area contributed by atoms with Gasteiger partial charge in [-0.2, -0.15) is 0 Å². The minimum atomic E-state index is -3.81. The van der Waals surface area contributed by atoms with Crippen molar-refractivity contribution in [2.24, 2.45) is 0 Å². The summed E-state index contributed by atoms with van der Waals surface area (Å²) in [5.41, 5.74) is 0.800. The number of carbonyl (C=O) groups is 1. The van der Waals surface area contributed by atoms with Crippen LogP contribution in [-0.4, -0.2) is 34.6 Å². The molecule has 0 spiro atoms. The fourth-order valence-corrected chi connectivity index (χ4v) is 3.31. The number of carbonyl (C=O) groups excluding carboxylic acids is 1. The highest BCUT2D eigenvalue weighted by Crippen LogP contribution is 2.30. The summed E-state index contributed by atoms with van der Waals surface area (Å²) in [6.07, 6.45) is 0. The molecule has 0 unspecified atom stereocenters. The molecule has 0 aliphatic heterocycles. The van der Waals surface area contributed by atoms with Crippen molar-refractivity contribution in [3.63, 3.8) is 0 Å². The maximum atomic E-state index is 12.5. The Bertz CT molecular complexity index is 877. The van der Waals surface area contributed by atoms with Gasteiger partial charge in [-0.25, -0.2) is 8.42 Å². The lowest BCUT2D eigenvalue weighted by molar-refractivity contribution is 0.0943. The monoisotopic (exact) mass is 378 g/mol. The van der Waals surface area contributed by atoms with Gasteiger partial charge in [-0.15, -0.1) is 0 Å². The average molecular weight is 378 g/mol. The van der Waals surface area contributed by atoms with Gasteiger partial charge in [0.25, 0.3) is 15.9 Å². The quantitative estimate of drug-likeness (QED) is 0.772. The smallest absolute Gasteiger partial charge is 0.262 e. The van der Waals surface area contributed by atoms with E-state index in [1.807, 2.05) is 13.8 Å². The van der Waals surface area contributed by atoms with E-state index in [1.54, 1.807) is 12.1 Å². The minimum absolute atomic E-state index is 0.0192. The number of benzene rings is 2. The number of amides is 1. The molecule has 2 N–H and O–H groups in total. The van der Waals surface area contributed by atoms with Crippen molar-refractivity contribution in [2.45, 2.75) is 24.8 Å². The van der Waals surface area contributed by atoms with Gasteiger partial charge in [0.2, 0.25) is 0 Å². The normalized spacial score (nSPS) is 11.1. The van der Waals surface area contributed by atoms with E-state index in [0.29, 0.717) is 22.7 Å². The van der Waals surface area contributed by atoms with E-state index in [4.69, 9.17) is 9.47 Å². The highest BCUT2D eigenvalue weighted by molar-refractivity contribution is 7.92. The number of nitrogens with one attached hydrogen (secondary N) is 2. The summed E-state index contributed by atoms with van der Waals surface area (Å²) in [5.74, 6) is 0.539.